The topological polar surface area (TPSA) is 30.0 Å². The molecule has 1 heterocycles. The van der Waals surface area contributed by atoms with E-state index in [0.29, 0.717) is 11.3 Å². The lowest BCUT2D eigenvalue weighted by Gasteiger charge is -2.03. The van der Waals surface area contributed by atoms with Crippen LogP contribution in [0.15, 0.2) is 71.8 Å². The maximum absolute atomic E-state index is 12.2. The number of pyridine rings is 1. The zero-order valence-electron chi connectivity index (χ0n) is 10.8. The minimum atomic E-state index is 0.108. The van der Waals surface area contributed by atoms with Gasteiger partial charge in [0, 0.05) is 22.0 Å². The van der Waals surface area contributed by atoms with Crippen molar-refractivity contribution >= 4 is 28.4 Å². The SMILES string of the molecule is O=C(CSc1ccccc1)c1cnc2ccccc2c1. The number of rotatable bonds is 4. The fourth-order valence-corrected chi connectivity index (χ4v) is 2.79. The van der Waals surface area contributed by atoms with Crippen molar-refractivity contribution in [2.75, 3.05) is 5.75 Å². The number of thioether (sulfide) groups is 1. The lowest BCUT2D eigenvalue weighted by molar-refractivity contribution is 0.102. The van der Waals surface area contributed by atoms with Gasteiger partial charge in [-0.3, -0.25) is 9.78 Å². The minimum absolute atomic E-state index is 0.108. The van der Waals surface area contributed by atoms with Crippen LogP contribution in [0.4, 0.5) is 0 Å². The second-order valence-electron chi connectivity index (χ2n) is 4.44. The number of hydrogen-bond donors (Lipinski definition) is 0. The van der Waals surface area contributed by atoms with Gasteiger partial charge in [0.1, 0.15) is 0 Å². The minimum Gasteiger partial charge on any atom is -0.293 e. The van der Waals surface area contributed by atoms with Crippen LogP contribution in [0.1, 0.15) is 10.4 Å². The van der Waals surface area contributed by atoms with Gasteiger partial charge in [-0.2, -0.15) is 0 Å². The van der Waals surface area contributed by atoms with Crippen molar-refractivity contribution in [1.82, 2.24) is 4.98 Å². The van der Waals surface area contributed by atoms with Gasteiger partial charge in [0.25, 0.3) is 0 Å². The molecule has 0 saturated heterocycles. The van der Waals surface area contributed by atoms with Gasteiger partial charge in [-0.05, 0) is 24.3 Å². The Hall–Kier alpha value is -2.13. The van der Waals surface area contributed by atoms with E-state index in [1.165, 1.54) is 0 Å². The van der Waals surface area contributed by atoms with Crippen molar-refractivity contribution in [3.63, 3.8) is 0 Å². The fourth-order valence-electron chi connectivity index (χ4n) is 1.97. The fraction of sp³-hybridized carbons (Fsp3) is 0.0588. The van der Waals surface area contributed by atoms with Crippen LogP contribution in [-0.4, -0.2) is 16.5 Å². The quantitative estimate of drug-likeness (QED) is 0.529. The van der Waals surface area contributed by atoms with Crippen molar-refractivity contribution < 1.29 is 4.79 Å². The van der Waals surface area contributed by atoms with Crippen LogP contribution in [0, 0.1) is 0 Å². The Labute approximate surface area is 121 Å². The van der Waals surface area contributed by atoms with E-state index in [-0.39, 0.29) is 5.78 Å². The Morgan fingerprint density at radius 1 is 1.00 bits per heavy atom. The summed E-state index contributed by atoms with van der Waals surface area (Å²) >= 11 is 1.55. The third-order valence-electron chi connectivity index (χ3n) is 3.03. The van der Waals surface area contributed by atoms with Crippen LogP contribution in [0.5, 0.6) is 0 Å². The van der Waals surface area contributed by atoms with Crippen LogP contribution < -0.4 is 0 Å². The van der Waals surface area contributed by atoms with E-state index in [1.54, 1.807) is 18.0 Å². The van der Waals surface area contributed by atoms with Crippen molar-refractivity contribution in [3.8, 4) is 0 Å². The molecule has 0 fully saturated rings. The molecule has 0 bridgehead atoms. The summed E-state index contributed by atoms with van der Waals surface area (Å²) in [6.07, 6.45) is 1.66. The first-order valence-corrected chi connectivity index (χ1v) is 7.37. The number of aromatic nitrogens is 1. The van der Waals surface area contributed by atoms with Crippen LogP contribution in [0.3, 0.4) is 0 Å². The van der Waals surface area contributed by atoms with Gasteiger partial charge in [-0.1, -0.05) is 36.4 Å². The lowest BCUT2D eigenvalue weighted by Crippen LogP contribution is -2.03. The summed E-state index contributed by atoms with van der Waals surface area (Å²) in [5.74, 6) is 0.543. The number of carbonyl (C=O) groups excluding carboxylic acids is 1. The second-order valence-corrected chi connectivity index (χ2v) is 5.49. The van der Waals surface area contributed by atoms with Crippen LogP contribution in [-0.2, 0) is 0 Å². The van der Waals surface area contributed by atoms with Gasteiger partial charge in [0.05, 0.1) is 11.3 Å². The Balaban J connectivity index is 1.75. The molecule has 3 rings (SSSR count). The van der Waals surface area contributed by atoms with E-state index in [1.807, 2.05) is 60.7 Å². The Morgan fingerprint density at radius 2 is 1.75 bits per heavy atom. The van der Waals surface area contributed by atoms with E-state index >= 15 is 0 Å². The van der Waals surface area contributed by atoms with Crippen molar-refractivity contribution in [3.05, 3.63) is 72.4 Å². The summed E-state index contributed by atoms with van der Waals surface area (Å²) < 4.78 is 0. The van der Waals surface area contributed by atoms with E-state index in [4.69, 9.17) is 0 Å². The average molecular weight is 279 g/mol. The predicted molar refractivity (Wildman–Crippen MR) is 83.2 cm³/mol. The molecule has 0 N–H and O–H groups in total. The summed E-state index contributed by atoms with van der Waals surface area (Å²) in [6.45, 7) is 0. The summed E-state index contributed by atoms with van der Waals surface area (Å²) in [4.78, 5) is 17.6. The van der Waals surface area contributed by atoms with Crippen LogP contribution >= 0.6 is 11.8 Å². The summed E-state index contributed by atoms with van der Waals surface area (Å²) in [5, 5.41) is 1.00. The molecular weight excluding hydrogens is 266 g/mol. The lowest BCUT2D eigenvalue weighted by atomic mass is 10.1. The van der Waals surface area contributed by atoms with Gasteiger partial charge in [0.2, 0.25) is 0 Å². The maximum atomic E-state index is 12.2. The highest BCUT2D eigenvalue weighted by Gasteiger charge is 2.08. The number of fused-ring (bicyclic) bond motifs is 1. The molecule has 0 amide bonds. The zero-order valence-corrected chi connectivity index (χ0v) is 11.6. The Kier molecular flexibility index (Phi) is 3.79. The average Bonchev–Trinajstić information content (AvgIpc) is 2.53. The summed E-state index contributed by atoms with van der Waals surface area (Å²) in [6, 6.07) is 19.7. The molecule has 0 atom stereocenters. The van der Waals surface area contributed by atoms with Crippen LogP contribution in [0.2, 0.25) is 0 Å². The molecule has 0 unspecified atom stereocenters. The number of nitrogens with zero attached hydrogens (tertiary/aromatic N) is 1. The first-order chi connectivity index (χ1) is 9.83. The predicted octanol–water partition coefficient (Wildman–Crippen LogP) is 4.21. The van der Waals surface area contributed by atoms with Crippen molar-refractivity contribution in [2.45, 2.75) is 4.90 Å². The zero-order chi connectivity index (χ0) is 13.8. The molecular formula is C17H13NOS. The van der Waals surface area contributed by atoms with Crippen molar-refractivity contribution in [2.24, 2.45) is 0 Å². The molecule has 1 aromatic heterocycles. The largest absolute Gasteiger partial charge is 0.293 e. The highest BCUT2D eigenvalue weighted by Crippen LogP contribution is 2.19. The number of carbonyl (C=O) groups is 1. The molecule has 0 radical (unpaired) electrons. The molecule has 0 saturated carbocycles. The maximum Gasteiger partial charge on any atom is 0.174 e. The van der Waals surface area contributed by atoms with E-state index < -0.39 is 0 Å². The standard InChI is InChI=1S/C17H13NOS/c19-17(12-20-15-7-2-1-3-8-15)14-10-13-6-4-5-9-16(13)18-11-14/h1-11H,12H2. The number of Topliss-reactive ketones (excluding diaryl/α,β-unsaturated/α-hetero) is 1. The number of ketones is 1. The molecule has 0 aliphatic carbocycles. The monoisotopic (exact) mass is 279 g/mol. The molecule has 3 heteroatoms. The molecule has 0 spiro atoms. The molecule has 3 aromatic rings. The van der Waals surface area contributed by atoms with E-state index in [2.05, 4.69) is 4.98 Å². The summed E-state index contributed by atoms with van der Waals surface area (Å²) in [5.41, 5.74) is 1.59. The first kappa shape index (κ1) is 12.9. The van der Waals surface area contributed by atoms with Gasteiger partial charge >= 0.3 is 0 Å². The van der Waals surface area contributed by atoms with Crippen molar-refractivity contribution in [1.29, 1.82) is 0 Å². The normalized spacial score (nSPS) is 10.6. The molecule has 98 valence electrons. The number of para-hydroxylation sites is 1. The number of hydrogen-bond acceptors (Lipinski definition) is 3. The smallest absolute Gasteiger partial charge is 0.174 e. The van der Waals surface area contributed by atoms with Gasteiger partial charge < -0.3 is 0 Å². The first-order valence-electron chi connectivity index (χ1n) is 6.39. The third-order valence-corrected chi connectivity index (χ3v) is 4.04. The molecule has 2 aromatic carbocycles. The molecule has 20 heavy (non-hydrogen) atoms. The van der Waals surface area contributed by atoms with E-state index in [9.17, 15) is 4.79 Å². The van der Waals surface area contributed by atoms with Crippen LogP contribution in [0.25, 0.3) is 10.9 Å². The van der Waals surface area contributed by atoms with Gasteiger partial charge in [-0.25, -0.2) is 0 Å². The highest BCUT2D eigenvalue weighted by molar-refractivity contribution is 8.00. The van der Waals surface area contributed by atoms with E-state index in [0.717, 1.165) is 15.8 Å². The Bertz CT molecular complexity index is 740. The Morgan fingerprint density at radius 3 is 2.60 bits per heavy atom. The number of benzene rings is 2. The third kappa shape index (κ3) is 2.89. The molecule has 2 nitrogen and oxygen atoms in total. The highest BCUT2D eigenvalue weighted by atomic mass is 32.2. The second kappa shape index (κ2) is 5.88. The summed E-state index contributed by atoms with van der Waals surface area (Å²) in [7, 11) is 0. The molecule has 0 aliphatic rings. The van der Waals surface area contributed by atoms with Gasteiger partial charge in [0.15, 0.2) is 5.78 Å². The molecule has 0 aliphatic heterocycles. The van der Waals surface area contributed by atoms with Gasteiger partial charge in [-0.15, -0.1) is 11.8 Å².